The van der Waals surface area contributed by atoms with Crippen molar-refractivity contribution >= 4 is 39.2 Å². The quantitative estimate of drug-likeness (QED) is 0.621. The van der Waals surface area contributed by atoms with E-state index in [-0.39, 0.29) is 19.0 Å². The van der Waals surface area contributed by atoms with Crippen molar-refractivity contribution < 1.29 is 23.5 Å². The molecule has 1 aromatic carbocycles. The number of methoxy groups -OCH3 is 1. The molecule has 6 nitrogen and oxygen atoms in total. The van der Waals surface area contributed by atoms with Crippen LogP contribution in [0.5, 0.6) is 0 Å². The van der Waals surface area contributed by atoms with E-state index in [1.54, 1.807) is 20.1 Å². The van der Waals surface area contributed by atoms with Crippen molar-refractivity contribution in [3.8, 4) is 0 Å². The molecule has 1 amide bonds. The second-order valence-corrected chi connectivity index (χ2v) is 7.23. The summed E-state index contributed by atoms with van der Waals surface area (Å²) >= 11 is 1.34. The van der Waals surface area contributed by atoms with Crippen LogP contribution >= 0.6 is 11.3 Å². The Labute approximate surface area is 161 Å². The van der Waals surface area contributed by atoms with E-state index >= 15 is 0 Å². The first kappa shape index (κ1) is 19.1. The fourth-order valence-corrected chi connectivity index (χ4v) is 3.94. The van der Waals surface area contributed by atoms with Gasteiger partial charge in [0.25, 0.3) is 5.91 Å². The van der Waals surface area contributed by atoms with Crippen LogP contribution in [0, 0.1) is 13.8 Å². The molecule has 2 heterocycles. The third-order valence-corrected chi connectivity index (χ3v) is 5.41. The van der Waals surface area contributed by atoms with Gasteiger partial charge in [-0.25, -0.2) is 4.79 Å². The topological polar surface area (TPSA) is 77.8 Å². The number of anilines is 1. The van der Waals surface area contributed by atoms with Crippen molar-refractivity contribution in [2.75, 3.05) is 19.0 Å². The molecule has 7 heteroatoms. The monoisotopic (exact) mass is 387 g/mol. The molecule has 0 saturated carbocycles. The summed E-state index contributed by atoms with van der Waals surface area (Å²) < 4.78 is 16.1. The van der Waals surface area contributed by atoms with E-state index in [1.165, 1.54) is 11.3 Å². The molecule has 0 fully saturated rings. The molecule has 0 saturated heterocycles. The Bertz CT molecular complexity index is 1000. The van der Waals surface area contributed by atoms with Crippen LogP contribution in [-0.2, 0) is 16.1 Å². The Morgan fingerprint density at radius 1 is 1.22 bits per heavy atom. The molecule has 0 spiro atoms. The van der Waals surface area contributed by atoms with Crippen LogP contribution < -0.4 is 5.32 Å². The van der Waals surface area contributed by atoms with Gasteiger partial charge in [0, 0.05) is 22.9 Å². The number of carbonyl (C=O) groups excluding carboxylic acids is 2. The molecule has 0 aliphatic heterocycles. The molecule has 142 valence electrons. The number of thiophene rings is 1. The third-order valence-electron chi connectivity index (χ3n) is 4.29. The fourth-order valence-electron chi connectivity index (χ4n) is 2.89. The molecular formula is C20H21NO5S. The number of hydrogen-bond donors (Lipinski definition) is 1. The first-order valence-corrected chi connectivity index (χ1v) is 9.37. The summed E-state index contributed by atoms with van der Waals surface area (Å²) in [6.07, 6.45) is 0. The number of amides is 1. The number of aryl methyl sites for hydroxylation is 1. The number of para-hydroxylation sites is 1. The average molecular weight is 387 g/mol. The molecule has 0 radical (unpaired) electrons. The SMILES string of the molecule is CCOC(=O)c1c(NC(=O)c2oc3ccccc3c2COC)sc(C)c1C. The van der Waals surface area contributed by atoms with Gasteiger partial charge in [-0.3, -0.25) is 4.79 Å². The van der Waals surface area contributed by atoms with Gasteiger partial charge in [-0.15, -0.1) is 11.3 Å². The fraction of sp³-hybridized carbons (Fsp3) is 0.300. The average Bonchev–Trinajstić information content (AvgIpc) is 3.14. The van der Waals surface area contributed by atoms with E-state index in [2.05, 4.69) is 5.32 Å². The van der Waals surface area contributed by atoms with Crippen LogP contribution in [-0.4, -0.2) is 25.6 Å². The lowest BCUT2D eigenvalue weighted by Gasteiger charge is -2.07. The van der Waals surface area contributed by atoms with Gasteiger partial charge in [-0.05, 0) is 32.4 Å². The predicted octanol–water partition coefficient (Wildman–Crippen LogP) is 4.69. The van der Waals surface area contributed by atoms with Crippen LogP contribution in [0.1, 0.15) is 43.8 Å². The number of rotatable bonds is 6. The standard InChI is InChI=1S/C20H21NO5S/c1-5-25-20(23)16-11(2)12(3)27-19(16)21-18(22)17-14(10-24-4)13-8-6-7-9-15(13)26-17/h6-9H,5,10H2,1-4H3,(H,21,22). The maximum Gasteiger partial charge on any atom is 0.341 e. The number of carbonyl (C=O) groups is 2. The van der Waals surface area contributed by atoms with Crippen molar-refractivity contribution in [3.63, 3.8) is 0 Å². The number of benzene rings is 1. The van der Waals surface area contributed by atoms with Crippen LogP contribution in [0.2, 0.25) is 0 Å². The molecule has 3 rings (SSSR count). The van der Waals surface area contributed by atoms with Gasteiger partial charge < -0.3 is 19.2 Å². The second kappa shape index (κ2) is 7.94. The van der Waals surface area contributed by atoms with Crippen LogP contribution in [0.25, 0.3) is 11.0 Å². The van der Waals surface area contributed by atoms with E-state index in [0.29, 0.717) is 21.7 Å². The van der Waals surface area contributed by atoms with Gasteiger partial charge in [-0.2, -0.15) is 0 Å². The summed E-state index contributed by atoms with van der Waals surface area (Å²) in [5, 5.41) is 4.10. The van der Waals surface area contributed by atoms with Gasteiger partial charge >= 0.3 is 5.97 Å². The van der Waals surface area contributed by atoms with Crippen LogP contribution in [0.4, 0.5) is 5.00 Å². The number of hydrogen-bond acceptors (Lipinski definition) is 6. The Balaban J connectivity index is 1.99. The molecule has 27 heavy (non-hydrogen) atoms. The van der Waals surface area contributed by atoms with Crippen molar-refractivity contribution in [1.82, 2.24) is 0 Å². The zero-order valence-corrected chi connectivity index (χ0v) is 16.5. The maximum atomic E-state index is 12.9. The molecule has 0 aliphatic rings. The summed E-state index contributed by atoms with van der Waals surface area (Å²) in [6, 6.07) is 7.40. The Kier molecular flexibility index (Phi) is 5.62. The second-order valence-electron chi connectivity index (χ2n) is 6.00. The molecular weight excluding hydrogens is 366 g/mol. The highest BCUT2D eigenvalue weighted by Gasteiger charge is 2.25. The van der Waals surface area contributed by atoms with Gasteiger partial charge in [0.2, 0.25) is 0 Å². The summed E-state index contributed by atoms with van der Waals surface area (Å²) in [4.78, 5) is 26.2. The van der Waals surface area contributed by atoms with E-state index in [4.69, 9.17) is 13.9 Å². The first-order chi connectivity index (χ1) is 13.0. The van der Waals surface area contributed by atoms with E-state index in [9.17, 15) is 9.59 Å². The molecule has 0 unspecified atom stereocenters. The Morgan fingerprint density at radius 2 is 1.96 bits per heavy atom. The highest BCUT2D eigenvalue weighted by atomic mass is 32.1. The minimum absolute atomic E-state index is 0.177. The largest absolute Gasteiger partial charge is 0.462 e. The number of fused-ring (bicyclic) bond motifs is 1. The van der Waals surface area contributed by atoms with Gasteiger partial charge in [-0.1, -0.05) is 18.2 Å². The van der Waals surface area contributed by atoms with Gasteiger partial charge in [0.05, 0.1) is 18.8 Å². The third kappa shape index (κ3) is 3.61. The lowest BCUT2D eigenvalue weighted by atomic mass is 10.1. The number of ether oxygens (including phenoxy) is 2. The highest BCUT2D eigenvalue weighted by molar-refractivity contribution is 7.16. The van der Waals surface area contributed by atoms with Crippen molar-refractivity contribution in [2.45, 2.75) is 27.4 Å². The smallest absolute Gasteiger partial charge is 0.341 e. The minimum Gasteiger partial charge on any atom is -0.462 e. The zero-order valence-electron chi connectivity index (χ0n) is 15.7. The Morgan fingerprint density at radius 3 is 2.67 bits per heavy atom. The van der Waals surface area contributed by atoms with Crippen LogP contribution in [0.3, 0.4) is 0 Å². The normalized spacial score (nSPS) is 11.0. The van der Waals surface area contributed by atoms with E-state index in [0.717, 1.165) is 15.8 Å². The van der Waals surface area contributed by atoms with Crippen molar-refractivity contribution in [3.05, 3.63) is 51.6 Å². The lowest BCUT2D eigenvalue weighted by molar-refractivity contribution is 0.0527. The first-order valence-electron chi connectivity index (χ1n) is 8.55. The number of esters is 1. The van der Waals surface area contributed by atoms with Crippen molar-refractivity contribution in [1.29, 1.82) is 0 Å². The molecule has 0 bridgehead atoms. The molecule has 0 atom stereocenters. The Hall–Kier alpha value is -2.64. The minimum atomic E-state index is -0.448. The zero-order chi connectivity index (χ0) is 19.6. The molecule has 0 aliphatic carbocycles. The molecule has 3 aromatic rings. The predicted molar refractivity (Wildman–Crippen MR) is 105 cm³/mol. The highest BCUT2D eigenvalue weighted by Crippen LogP contribution is 2.34. The lowest BCUT2D eigenvalue weighted by Crippen LogP contribution is -2.15. The van der Waals surface area contributed by atoms with E-state index < -0.39 is 11.9 Å². The molecule has 2 aromatic heterocycles. The van der Waals surface area contributed by atoms with Gasteiger partial charge in [0.1, 0.15) is 10.6 Å². The van der Waals surface area contributed by atoms with E-state index in [1.807, 2.05) is 32.0 Å². The number of nitrogens with one attached hydrogen (secondary N) is 1. The summed E-state index contributed by atoms with van der Waals surface area (Å²) in [5.41, 5.74) is 2.47. The van der Waals surface area contributed by atoms with Gasteiger partial charge in [0.15, 0.2) is 5.76 Å². The molecule has 1 N–H and O–H groups in total. The number of furan rings is 1. The maximum absolute atomic E-state index is 12.9. The van der Waals surface area contributed by atoms with Crippen LogP contribution in [0.15, 0.2) is 28.7 Å². The summed E-state index contributed by atoms with van der Waals surface area (Å²) in [5.74, 6) is -0.696. The summed E-state index contributed by atoms with van der Waals surface area (Å²) in [6.45, 7) is 5.99. The van der Waals surface area contributed by atoms with Crippen molar-refractivity contribution in [2.24, 2.45) is 0 Å². The summed E-state index contributed by atoms with van der Waals surface area (Å²) in [7, 11) is 1.56.